The zero-order valence-corrected chi connectivity index (χ0v) is 12.2. The Morgan fingerprint density at radius 1 is 1.24 bits per heavy atom. The maximum atomic E-state index is 12.5. The van der Waals surface area contributed by atoms with Crippen molar-refractivity contribution in [2.45, 2.75) is 32.2 Å². The van der Waals surface area contributed by atoms with Crippen LogP contribution in [-0.2, 0) is 6.42 Å². The Morgan fingerprint density at radius 2 is 2.05 bits per heavy atom. The van der Waals surface area contributed by atoms with Crippen LogP contribution in [0.5, 0.6) is 0 Å². The van der Waals surface area contributed by atoms with Crippen LogP contribution < -0.4 is 11.1 Å². The lowest BCUT2D eigenvalue weighted by Crippen LogP contribution is -2.31. The van der Waals surface area contributed by atoms with Gasteiger partial charge in [0.1, 0.15) is 0 Å². The standard InChI is InChI=1S/C18H20N2O/c1-12-9-14(11-15(19)10-12)18(21)20-17-8-4-6-13-5-2-3-7-16(13)17/h2-3,5,7,9-11,17H,4,6,8,19H2,1H3,(H,20,21). The van der Waals surface area contributed by atoms with Crippen molar-refractivity contribution in [3.8, 4) is 0 Å². The maximum absolute atomic E-state index is 12.5. The molecule has 1 amide bonds. The molecule has 0 radical (unpaired) electrons. The first-order chi connectivity index (χ1) is 10.1. The maximum Gasteiger partial charge on any atom is 0.251 e. The molecule has 2 aromatic rings. The zero-order valence-electron chi connectivity index (χ0n) is 12.2. The van der Waals surface area contributed by atoms with Gasteiger partial charge in [0.2, 0.25) is 0 Å². The second kappa shape index (κ2) is 5.60. The summed E-state index contributed by atoms with van der Waals surface area (Å²) in [5, 5.41) is 3.15. The van der Waals surface area contributed by atoms with E-state index in [1.54, 1.807) is 6.07 Å². The van der Waals surface area contributed by atoms with Crippen LogP contribution >= 0.6 is 0 Å². The van der Waals surface area contributed by atoms with Crippen molar-refractivity contribution in [2.75, 3.05) is 5.73 Å². The van der Waals surface area contributed by atoms with Crippen LogP contribution in [0.3, 0.4) is 0 Å². The molecule has 0 saturated heterocycles. The number of anilines is 1. The Bertz CT molecular complexity index is 658. The molecule has 21 heavy (non-hydrogen) atoms. The summed E-state index contributed by atoms with van der Waals surface area (Å²) >= 11 is 0. The summed E-state index contributed by atoms with van der Waals surface area (Å²) in [5.74, 6) is -0.0490. The van der Waals surface area contributed by atoms with E-state index in [0.717, 1.165) is 24.8 Å². The second-order valence-corrected chi connectivity index (χ2v) is 5.75. The molecule has 108 valence electrons. The summed E-state index contributed by atoms with van der Waals surface area (Å²) in [6, 6.07) is 13.9. The van der Waals surface area contributed by atoms with Crippen molar-refractivity contribution < 1.29 is 4.79 Å². The highest BCUT2D eigenvalue weighted by molar-refractivity contribution is 5.95. The molecule has 1 aliphatic rings. The zero-order chi connectivity index (χ0) is 14.8. The van der Waals surface area contributed by atoms with E-state index in [0.29, 0.717) is 11.3 Å². The van der Waals surface area contributed by atoms with Crippen molar-refractivity contribution in [3.05, 3.63) is 64.7 Å². The number of fused-ring (bicyclic) bond motifs is 1. The van der Waals surface area contributed by atoms with Gasteiger partial charge >= 0.3 is 0 Å². The van der Waals surface area contributed by atoms with Gasteiger partial charge in [0, 0.05) is 11.3 Å². The molecule has 3 rings (SSSR count). The average Bonchev–Trinajstić information content (AvgIpc) is 2.46. The number of rotatable bonds is 2. The lowest BCUT2D eigenvalue weighted by atomic mass is 9.87. The molecule has 1 unspecified atom stereocenters. The molecule has 3 nitrogen and oxygen atoms in total. The largest absolute Gasteiger partial charge is 0.399 e. The van der Waals surface area contributed by atoms with Gasteiger partial charge in [-0.05, 0) is 61.1 Å². The summed E-state index contributed by atoms with van der Waals surface area (Å²) in [5.41, 5.74) is 10.7. The van der Waals surface area contributed by atoms with Gasteiger partial charge < -0.3 is 11.1 Å². The van der Waals surface area contributed by atoms with E-state index >= 15 is 0 Å². The number of nitrogens with two attached hydrogens (primary N) is 1. The van der Waals surface area contributed by atoms with Gasteiger partial charge in [-0.15, -0.1) is 0 Å². The fourth-order valence-electron chi connectivity index (χ4n) is 3.09. The summed E-state index contributed by atoms with van der Waals surface area (Å²) in [6.45, 7) is 1.95. The molecule has 0 heterocycles. The van der Waals surface area contributed by atoms with E-state index in [1.807, 2.05) is 25.1 Å². The molecule has 3 heteroatoms. The Morgan fingerprint density at radius 3 is 2.86 bits per heavy atom. The predicted octanol–water partition coefficient (Wildman–Crippen LogP) is 3.38. The van der Waals surface area contributed by atoms with E-state index in [2.05, 4.69) is 23.5 Å². The minimum absolute atomic E-state index is 0.0490. The van der Waals surface area contributed by atoms with Crippen molar-refractivity contribution in [2.24, 2.45) is 0 Å². The highest BCUT2D eigenvalue weighted by Gasteiger charge is 2.21. The Hall–Kier alpha value is -2.29. The Kier molecular flexibility index (Phi) is 3.65. The number of benzene rings is 2. The lowest BCUT2D eigenvalue weighted by molar-refractivity contribution is 0.0932. The minimum Gasteiger partial charge on any atom is -0.399 e. The molecule has 0 saturated carbocycles. The van der Waals surface area contributed by atoms with Crippen LogP contribution in [0.1, 0.15) is 45.9 Å². The smallest absolute Gasteiger partial charge is 0.251 e. The quantitative estimate of drug-likeness (QED) is 0.829. The number of nitrogen functional groups attached to an aromatic ring is 1. The number of nitrogens with one attached hydrogen (secondary N) is 1. The van der Waals surface area contributed by atoms with Crippen molar-refractivity contribution in [1.29, 1.82) is 0 Å². The predicted molar refractivity (Wildman–Crippen MR) is 85.2 cm³/mol. The van der Waals surface area contributed by atoms with Gasteiger partial charge in [0.05, 0.1) is 6.04 Å². The molecular formula is C18H20N2O. The van der Waals surface area contributed by atoms with Gasteiger partial charge in [0.15, 0.2) is 0 Å². The van der Waals surface area contributed by atoms with Crippen LogP contribution in [0, 0.1) is 6.92 Å². The molecule has 0 aliphatic heterocycles. The van der Waals surface area contributed by atoms with Gasteiger partial charge in [-0.1, -0.05) is 24.3 Å². The molecule has 1 atom stereocenters. The second-order valence-electron chi connectivity index (χ2n) is 5.75. The molecule has 0 aromatic heterocycles. The fourth-order valence-corrected chi connectivity index (χ4v) is 3.09. The van der Waals surface area contributed by atoms with E-state index < -0.39 is 0 Å². The third kappa shape index (κ3) is 2.92. The van der Waals surface area contributed by atoms with E-state index in [1.165, 1.54) is 11.1 Å². The van der Waals surface area contributed by atoms with E-state index in [4.69, 9.17) is 5.73 Å². The summed E-state index contributed by atoms with van der Waals surface area (Å²) in [4.78, 5) is 12.5. The summed E-state index contributed by atoms with van der Waals surface area (Å²) < 4.78 is 0. The molecule has 3 N–H and O–H groups in total. The Balaban J connectivity index is 1.82. The number of hydrogen-bond acceptors (Lipinski definition) is 2. The SMILES string of the molecule is Cc1cc(N)cc(C(=O)NC2CCCc3ccccc32)c1. The highest BCUT2D eigenvalue weighted by atomic mass is 16.1. The van der Waals surface area contributed by atoms with Gasteiger partial charge in [0.25, 0.3) is 5.91 Å². The minimum atomic E-state index is -0.0490. The molecule has 2 aromatic carbocycles. The number of carbonyl (C=O) groups is 1. The highest BCUT2D eigenvalue weighted by Crippen LogP contribution is 2.29. The molecular weight excluding hydrogens is 260 g/mol. The number of carbonyl (C=O) groups excluding carboxylic acids is 1. The third-order valence-electron chi connectivity index (χ3n) is 4.04. The number of hydrogen-bond donors (Lipinski definition) is 2. The summed E-state index contributed by atoms with van der Waals surface area (Å²) in [7, 11) is 0. The van der Waals surface area contributed by atoms with Crippen molar-refractivity contribution in [1.82, 2.24) is 5.32 Å². The molecule has 0 fully saturated rings. The van der Waals surface area contributed by atoms with Gasteiger partial charge in [-0.25, -0.2) is 0 Å². The third-order valence-corrected chi connectivity index (χ3v) is 4.04. The van der Waals surface area contributed by atoms with Crippen molar-refractivity contribution in [3.63, 3.8) is 0 Å². The monoisotopic (exact) mass is 280 g/mol. The normalized spacial score (nSPS) is 17.1. The van der Waals surface area contributed by atoms with E-state index in [-0.39, 0.29) is 11.9 Å². The summed E-state index contributed by atoms with van der Waals surface area (Å²) in [6.07, 6.45) is 3.20. The van der Waals surface area contributed by atoms with Gasteiger partial charge in [-0.3, -0.25) is 4.79 Å². The molecule has 0 bridgehead atoms. The van der Waals surface area contributed by atoms with Gasteiger partial charge in [-0.2, -0.15) is 0 Å². The lowest BCUT2D eigenvalue weighted by Gasteiger charge is -2.26. The van der Waals surface area contributed by atoms with Crippen LogP contribution in [0.15, 0.2) is 42.5 Å². The first kappa shape index (κ1) is 13.7. The fraction of sp³-hybridized carbons (Fsp3) is 0.278. The van der Waals surface area contributed by atoms with Crippen LogP contribution in [-0.4, -0.2) is 5.91 Å². The first-order valence-corrected chi connectivity index (χ1v) is 7.39. The Labute approximate surface area is 125 Å². The number of aryl methyl sites for hydroxylation is 2. The first-order valence-electron chi connectivity index (χ1n) is 7.39. The number of amides is 1. The molecule has 1 aliphatic carbocycles. The topological polar surface area (TPSA) is 55.1 Å². The van der Waals surface area contributed by atoms with Crippen molar-refractivity contribution >= 4 is 11.6 Å². The van der Waals surface area contributed by atoms with Crippen LogP contribution in [0.4, 0.5) is 5.69 Å². The van der Waals surface area contributed by atoms with Crippen LogP contribution in [0.2, 0.25) is 0 Å². The average molecular weight is 280 g/mol. The van der Waals surface area contributed by atoms with E-state index in [9.17, 15) is 4.79 Å². The molecule has 0 spiro atoms. The van der Waals surface area contributed by atoms with Crippen LogP contribution in [0.25, 0.3) is 0 Å².